The quantitative estimate of drug-likeness (QED) is 0.815. The Morgan fingerprint density at radius 1 is 1.12 bits per heavy atom. The number of sulfonamides is 1. The molecule has 2 N–H and O–H groups in total. The lowest BCUT2D eigenvalue weighted by Gasteiger charge is -2.32. The van der Waals surface area contributed by atoms with E-state index in [-0.39, 0.29) is 31.0 Å². The molecule has 2 aliphatic rings. The predicted molar refractivity (Wildman–Crippen MR) is 91.9 cm³/mol. The molecule has 1 amide bonds. The third-order valence-corrected chi connectivity index (χ3v) is 6.93. The number of piperidine rings is 2. The fourth-order valence-corrected chi connectivity index (χ4v) is 5.00. The molecule has 0 atom stereocenters. The summed E-state index contributed by atoms with van der Waals surface area (Å²) in [7, 11) is -4.11. The number of amides is 1. The van der Waals surface area contributed by atoms with Gasteiger partial charge in [0.05, 0.1) is 0 Å². The van der Waals surface area contributed by atoms with Gasteiger partial charge in [0.1, 0.15) is 16.5 Å². The highest BCUT2D eigenvalue weighted by atomic mass is 32.2. The molecular formula is C17H23F2N3O3S. The lowest BCUT2D eigenvalue weighted by Crippen LogP contribution is -2.48. The van der Waals surface area contributed by atoms with Crippen LogP contribution < -0.4 is 10.6 Å². The molecule has 0 bridgehead atoms. The number of nitrogens with zero attached hydrogens (tertiary/aromatic N) is 1. The molecule has 0 spiro atoms. The molecule has 2 saturated heterocycles. The van der Waals surface area contributed by atoms with Crippen LogP contribution in [0.5, 0.6) is 0 Å². The smallest absolute Gasteiger partial charge is 0.246 e. The van der Waals surface area contributed by atoms with Crippen molar-refractivity contribution in [2.75, 3.05) is 26.2 Å². The molecule has 3 rings (SSSR count). The number of halogens is 2. The normalized spacial score (nSPS) is 20.8. The van der Waals surface area contributed by atoms with Crippen LogP contribution in [0, 0.1) is 17.6 Å². The second kappa shape index (κ2) is 7.98. The van der Waals surface area contributed by atoms with Crippen LogP contribution in [-0.2, 0) is 14.8 Å². The summed E-state index contributed by atoms with van der Waals surface area (Å²) in [5, 5.41) is 6.27. The summed E-state index contributed by atoms with van der Waals surface area (Å²) in [6, 6.07) is 2.54. The van der Waals surface area contributed by atoms with Crippen LogP contribution in [0.25, 0.3) is 0 Å². The number of carbonyl (C=O) groups is 1. The van der Waals surface area contributed by atoms with E-state index in [1.807, 2.05) is 0 Å². The van der Waals surface area contributed by atoms with Crippen LogP contribution in [0.2, 0.25) is 0 Å². The molecule has 2 aliphatic heterocycles. The molecule has 26 heavy (non-hydrogen) atoms. The molecule has 6 nitrogen and oxygen atoms in total. The van der Waals surface area contributed by atoms with Crippen molar-refractivity contribution >= 4 is 15.9 Å². The summed E-state index contributed by atoms with van der Waals surface area (Å²) < 4.78 is 53.4. The van der Waals surface area contributed by atoms with Gasteiger partial charge in [0.2, 0.25) is 15.9 Å². The average molecular weight is 387 g/mol. The largest absolute Gasteiger partial charge is 0.353 e. The summed E-state index contributed by atoms with van der Waals surface area (Å²) >= 11 is 0. The first kappa shape index (κ1) is 19.2. The van der Waals surface area contributed by atoms with Gasteiger partial charge in [-0.1, -0.05) is 0 Å². The molecule has 0 aromatic heterocycles. The zero-order valence-corrected chi connectivity index (χ0v) is 15.2. The molecule has 1 aromatic carbocycles. The van der Waals surface area contributed by atoms with Crippen LogP contribution in [0.1, 0.15) is 25.7 Å². The summed E-state index contributed by atoms with van der Waals surface area (Å²) in [4.78, 5) is 11.7. The van der Waals surface area contributed by atoms with Crippen molar-refractivity contribution in [3.05, 3.63) is 29.8 Å². The highest BCUT2D eigenvalue weighted by Crippen LogP contribution is 2.26. The first-order valence-corrected chi connectivity index (χ1v) is 10.3. The molecule has 1 aromatic rings. The minimum absolute atomic E-state index is 0.0501. The molecule has 9 heteroatoms. The van der Waals surface area contributed by atoms with Gasteiger partial charge >= 0.3 is 0 Å². The van der Waals surface area contributed by atoms with Gasteiger partial charge in [-0.25, -0.2) is 17.2 Å². The first-order valence-electron chi connectivity index (χ1n) is 8.84. The second-order valence-electron chi connectivity index (χ2n) is 6.79. The number of carbonyl (C=O) groups excluding carboxylic acids is 1. The minimum Gasteiger partial charge on any atom is -0.353 e. The predicted octanol–water partition coefficient (Wildman–Crippen LogP) is 1.23. The van der Waals surface area contributed by atoms with Gasteiger partial charge < -0.3 is 10.6 Å². The highest BCUT2D eigenvalue weighted by Gasteiger charge is 2.34. The van der Waals surface area contributed by atoms with Crippen molar-refractivity contribution < 1.29 is 22.0 Å². The Labute approximate surface area is 152 Å². The third-order valence-electron chi connectivity index (χ3n) is 5.02. The maximum Gasteiger partial charge on any atom is 0.246 e. The van der Waals surface area contributed by atoms with Gasteiger partial charge in [-0.15, -0.1) is 0 Å². The molecule has 2 heterocycles. The highest BCUT2D eigenvalue weighted by molar-refractivity contribution is 7.89. The van der Waals surface area contributed by atoms with E-state index in [1.54, 1.807) is 0 Å². The van der Waals surface area contributed by atoms with Gasteiger partial charge in [-0.05, 0) is 57.0 Å². The Bertz CT molecular complexity index is 759. The van der Waals surface area contributed by atoms with E-state index >= 15 is 0 Å². The molecule has 0 saturated carbocycles. The van der Waals surface area contributed by atoms with Gasteiger partial charge in [-0.2, -0.15) is 4.31 Å². The molecule has 2 fully saturated rings. The van der Waals surface area contributed by atoms with Gasteiger partial charge in [0.25, 0.3) is 0 Å². The summed E-state index contributed by atoms with van der Waals surface area (Å²) in [5.74, 6) is -2.09. The summed E-state index contributed by atoms with van der Waals surface area (Å²) in [6.07, 6.45) is 2.51. The van der Waals surface area contributed by atoms with E-state index < -0.39 is 26.6 Å². The topological polar surface area (TPSA) is 78.5 Å². The standard InChI is InChI=1S/C17H23F2N3O3S/c18-13-1-2-15(19)16(11-13)26(24,25)22-9-5-12(6-10-22)17(23)21-14-3-7-20-8-4-14/h1-2,11-12,14,20H,3-10H2,(H,21,23). The van der Waals surface area contributed by atoms with Gasteiger partial charge in [0.15, 0.2) is 0 Å². The van der Waals surface area contributed by atoms with Gasteiger partial charge in [-0.3, -0.25) is 4.79 Å². The Hall–Kier alpha value is -1.58. The number of hydrogen-bond donors (Lipinski definition) is 2. The molecular weight excluding hydrogens is 364 g/mol. The molecule has 0 unspecified atom stereocenters. The van der Waals surface area contributed by atoms with E-state index in [4.69, 9.17) is 0 Å². The number of rotatable bonds is 4. The van der Waals surface area contributed by atoms with Crippen LogP contribution in [0.15, 0.2) is 23.1 Å². The molecule has 144 valence electrons. The number of benzene rings is 1. The van der Waals surface area contributed by atoms with Crippen molar-refractivity contribution in [3.63, 3.8) is 0 Å². The van der Waals surface area contributed by atoms with E-state index in [1.165, 1.54) is 0 Å². The maximum absolute atomic E-state index is 13.8. The lowest BCUT2D eigenvalue weighted by atomic mass is 9.96. The van der Waals surface area contributed by atoms with Crippen molar-refractivity contribution in [3.8, 4) is 0 Å². The zero-order chi connectivity index (χ0) is 18.7. The summed E-state index contributed by atoms with van der Waals surface area (Å²) in [6.45, 7) is 1.98. The Balaban J connectivity index is 1.60. The Morgan fingerprint density at radius 3 is 2.42 bits per heavy atom. The van der Waals surface area contributed by atoms with Crippen LogP contribution >= 0.6 is 0 Å². The number of hydrogen-bond acceptors (Lipinski definition) is 4. The number of nitrogens with one attached hydrogen (secondary N) is 2. The third kappa shape index (κ3) is 4.21. The zero-order valence-electron chi connectivity index (χ0n) is 14.4. The van der Waals surface area contributed by atoms with Crippen LogP contribution in [0.3, 0.4) is 0 Å². The molecule has 0 aliphatic carbocycles. The second-order valence-corrected chi connectivity index (χ2v) is 8.69. The average Bonchev–Trinajstić information content (AvgIpc) is 2.64. The lowest BCUT2D eigenvalue weighted by molar-refractivity contribution is -0.127. The monoisotopic (exact) mass is 387 g/mol. The molecule has 0 radical (unpaired) electrons. The van der Waals surface area contributed by atoms with Crippen molar-refractivity contribution in [2.45, 2.75) is 36.6 Å². The van der Waals surface area contributed by atoms with Crippen LogP contribution in [-0.4, -0.2) is 50.9 Å². The maximum atomic E-state index is 13.8. The fraction of sp³-hybridized carbons (Fsp3) is 0.588. The van der Waals surface area contributed by atoms with Crippen molar-refractivity contribution in [2.24, 2.45) is 5.92 Å². The first-order chi connectivity index (χ1) is 12.4. The van der Waals surface area contributed by atoms with Crippen LogP contribution in [0.4, 0.5) is 8.78 Å². The SMILES string of the molecule is O=C(NC1CCNCC1)C1CCN(S(=O)(=O)c2cc(F)ccc2F)CC1. The van der Waals surface area contributed by atoms with E-state index in [2.05, 4.69) is 10.6 Å². The van der Waals surface area contributed by atoms with Crippen molar-refractivity contribution in [1.82, 2.24) is 14.9 Å². The van der Waals surface area contributed by atoms with E-state index in [0.29, 0.717) is 18.9 Å². The Morgan fingerprint density at radius 2 is 1.77 bits per heavy atom. The van der Waals surface area contributed by atoms with E-state index in [9.17, 15) is 22.0 Å². The summed E-state index contributed by atoms with van der Waals surface area (Å²) in [5.41, 5.74) is 0. The van der Waals surface area contributed by atoms with Gasteiger partial charge in [0, 0.05) is 25.0 Å². The fourth-order valence-electron chi connectivity index (χ4n) is 3.46. The van der Waals surface area contributed by atoms with E-state index in [0.717, 1.165) is 42.4 Å². The minimum atomic E-state index is -4.11. The Kier molecular flexibility index (Phi) is 5.89. The van der Waals surface area contributed by atoms with Crippen molar-refractivity contribution in [1.29, 1.82) is 0 Å².